The van der Waals surface area contributed by atoms with Crippen molar-refractivity contribution >= 4 is 17.4 Å². The van der Waals surface area contributed by atoms with Crippen LogP contribution < -0.4 is 4.74 Å². The first-order valence-electron chi connectivity index (χ1n) is 5.95. The van der Waals surface area contributed by atoms with Gasteiger partial charge in [0.15, 0.2) is 0 Å². The van der Waals surface area contributed by atoms with Crippen LogP contribution in [0.2, 0.25) is 5.02 Å². The second-order valence-electron chi connectivity index (χ2n) is 4.35. The third-order valence-electron chi connectivity index (χ3n) is 3.30. The minimum absolute atomic E-state index is 0.774. The van der Waals surface area contributed by atoms with Gasteiger partial charge in [-0.15, -0.1) is 0 Å². The number of benzene rings is 2. The molecule has 0 saturated heterocycles. The predicted octanol–water partition coefficient (Wildman–Crippen LogP) is 5.07. The van der Waals surface area contributed by atoms with Gasteiger partial charge in [-0.1, -0.05) is 35.9 Å². The van der Waals surface area contributed by atoms with Gasteiger partial charge in [-0.3, -0.25) is 0 Å². The standard InChI is InChI=1S/C16H13ClO/c1-3-14-16-10(2)13(17)9-8-12(16)11-6-4-5-7-15(11)18-14/h3-9H,1-2H3/b14-3+. The van der Waals surface area contributed by atoms with E-state index in [9.17, 15) is 0 Å². The van der Waals surface area contributed by atoms with Gasteiger partial charge in [0.1, 0.15) is 11.5 Å². The molecule has 0 unspecified atom stereocenters. The minimum Gasteiger partial charge on any atom is -0.456 e. The Kier molecular flexibility index (Phi) is 2.64. The lowest BCUT2D eigenvalue weighted by Crippen LogP contribution is -2.06. The molecular weight excluding hydrogens is 244 g/mol. The van der Waals surface area contributed by atoms with E-state index in [1.165, 1.54) is 5.56 Å². The highest BCUT2D eigenvalue weighted by Gasteiger charge is 2.23. The quantitative estimate of drug-likeness (QED) is 0.640. The van der Waals surface area contributed by atoms with E-state index in [1.54, 1.807) is 0 Å². The number of rotatable bonds is 0. The van der Waals surface area contributed by atoms with E-state index in [0.717, 1.165) is 33.2 Å². The summed E-state index contributed by atoms with van der Waals surface area (Å²) in [5.74, 6) is 1.78. The summed E-state index contributed by atoms with van der Waals surface area (Å²) in [6, 6.07) is 12.1. The Labute approximate surface area is 112 Å². The van der Waals surface area contributed by atoms with Crippen LogP contribution in [0.15, 0.2) is 42.5 Å². The van der Waals surface area contributed by atoms with Crippen molar-refractivity contribution in [3.63, 3.8) is 0 Å². The number of allylic oxidation sites excluding steroid dienone is 1. The van der Waals surface area contributed by atoms with E-state index in [2.05, 4.69) is 12.1 Å². The largest absolute Gasteiger partial charge is 0.456 e. The van der Waals surface area contributed by atoms with Crippen LogP contribution >= 0.6 is 11.6 Å². The molecule has 0 bridgehead atoms. The second-order valence-corrected chi connectivity index (χ2v) is 4.75. The molecule has 0 N–H and O–H groups in total. The SMILES string of the molecule is C/C=C1/Oc2ccccc2-c2ccc(Cl)c(C)c21. The van der Waals surface area contributed by atoms with E-state index >= 15 is 0 Å². The predicted molar refractivity (Wildman–Crippen MR) is 75.9 cm³/mol. The third kappa shape index (κ3) is 1.55. The molecule has 1 aliphatic rings. The van der Waals surface area contributed by atoms with Crippen LogP contribution in [0.3, 0.4) is 0 Å². The van der Waals surface area contributed by atoms with Crippen molar-refractivity contribution in [3.05, 3.63) is 58.6 Å². The average molecular weight is 257 g/mol. The molecule has 2 heteroatoms. The topological polar surface area (TPSA) is 9.23 Å². The molecule has 2 aromatic carbocycles. The lowest BCUT2D eigenvalue weighted by Gasteiger charge is -2.24. The maximum Gasteiger partial charge on any atom is 0.135 e. The van der Waals surface area contributed by atoms with Crippen molar-refractivity contribution in [3.8, 4) is 16.9 Å². The van der Waals surface area contributed by atoms with Crippen LogP contribution in [0, 0.1) is 6.92 Å². The van der Waals surface area contributed by atoms with Gasteiger partial charge in [0, 0.05) is 16.1 Å². The van der Waals surface area contributed by atoms with E-state index in [0.29, 0.717) is 0 Å². The van der Waals surface area contributed by atoms with E-state index in [4.69, 9.17) is 16.3 Å². The molecule has 0 aromatic heterocycles. The number of para-hydroxylation sites is 1. The highest BCUT2D eigenvalue weighted by Crippen LogP contribution is 2.44. The van der Waals surface area contributed by atoms with Crippen LogP contribution in [-0.2, 0) is 0 Å². The Balaban J connectivity index is 2.38. The Morgan fingerprint density at radius 1 is 1.06 bits per heavy atom. The molecule has 0 spiro atoms. The zero-order chi connectivity index (χ0) is 12.7. The third-order valence-corrected chi connectivity index (χ3v) is 3.71. The molecule has 3 rings (SSSR count). The highest BCUT2D eigenvalue weighted by atomic mass is 35.5. The first-order chi connectivity index (χ1) is 8.72. The Bertz CT molecular complexity index is 656. The molecule has 0 fully saturated rings. The van der Waals surface area contributed by atoms with Crippen molar-refractivity contribution < 1.29 is 4.74 Å². The van der Waals surface area contributed by atoms with Crippen molar-refractivity contribution in [2.45, 2.75) is 13.8 Å². The fourth-order valence-electron chi connectivity index (χ4n) is 2.38. The molecule has 1 heterocycles. The monoisotopic (exact) mass is 256 g/mol. The number of hydrogen-bond acceptors (Lipinski definition) is 1. The normalized spacial score (nSPS) is 14.9. The average Bonchev–Trinajstić information content (AvgIpc) is 2.41. The fourth-order valence-corrected chi connectivity index (χ4v) is 2.54. The molecule has 1 aliphatic heterocycles. The van der Waals surface area contributed by atoms with Crippen LogP contribution in [0.4, 0.5) is 0 Å². The molecule has 90 valence electrons. The van der Waals surface area contributed by atoms with Crippen molar-refractivity contribution in [1.29, 1.82) is 0 Å². The lowest BCUT2D eigenvalue weighted by molar-refractivity contribution is 0.510. The second kappa shape index (κ2) is 4.18. The Morgan fingerprint density at radius 2 is 1.83 bits per heavy atom. The van der Waals surface area contributed by atoms with Crippen LogP contribution in [0.5, 0.6) is 5.75 Å². The van der Waals surface area contributed by atoms with Gasteiger partial charge in [-0.2, -0.15) is 0 Å². The first kappa shape index (κ1) is 11.4. The van der Waals surface area contributed by atoms with Crippen LogP contribution in [0.1, 0.15) is 18.1 Å². The van der Waals surface area contributed by atoms with E-state index < -0.39 is 0 Å². The molecule has 0 atom stereocenters. The van der Waals surface area contributed by atoms with E-state index in [-0.39, 0.29) is 0 Å². The summed E-state index contributed by atoms with van der Waals surface area (Å²) in [4.78, 5) is 0. The van der Waals surface area contributed by atoms with Gasteiger partial charge in [0.2, 0.25) is 0 Å². The van der Waals surface area contributed by atoms with Gasteiger partial charge in [-0.25, -0.2) is 0 Å². The van der Waals surface area contributed by atoms with Gasteiger partial charge in [0.25, 0.3) is 0 Å². The van der Waals surface area contributed by atoms with Crippen LogP contribution in [-0.4, -0.2) is 0 Å². The minimum atomic E-state index is 0.774. The van der Waals surface area contributed by atoms with Crippen LogP contribution in [0.25, 0.3) is 16.9 Å². The number of hydrogen-bond donors (Lipinski definition) is 0. The first-order valence-corrected chi connectivity index (χ1v) is 6.33. The van der Waals surface area contributed by atoms with Gasteiger partial charge in [0.05, 0.1) is 0 Å². The van der Waals surface area contributed by atoms with Crippen molar-refractivity contribution in [2.75, 3.05) is 0 Å². The van der Waals surface area contributed by atoms with Gasteiger partial charge < -0.3 is 4.74 Å². The molecule has 1 nitrogen and oxygen atoms in total. The fraction of sp³-hybridized carbons (Fsp3) is 0.125. The highest BCUT2D eigenvalue weighted by molar-refractivity contribution is 6.31. The molecule has 0 radical (unpaired) electrons. The van der Waals surface area contributed by atoms with Gasteiger partial charge >= 0.3 is 0 Å². The molecule has 18 heavy (non-hydrogen) atoms. The van der Waals surface area contributed by atoms with Gasteiger partial charge in [-0.05, 0) is 43.2 Å². The molecular formula is C16H13ClO. The summed E-state index contributed by atoms with van der Waals surface area (Å²) < 4.78 is 5.95. The maximum atomic E-state index is 6.21. The summed E-state index contributed by atoms with van der Waals surface area (Å²) in [6.07, 6.45) is 1.98. The molecule has 2 aromatic rings. The number of fused-ring (bicyclic) bond motifs is 3. The maximum absolute atomic E-state index is 6.21. The smallest absolute Gasteiger partial charge is 0.135 e. The van der Waals surface area contributed by atoms with Crippen molar-refractivity contribution in [1.82, 2.24) is 0 Å². The summed E-state index contributed by atoms with van der Waals surface area (Å²) in [5.41, 5.74) is 4.48. The number of ether oxygens (including phenoxy) is 1. The summed E-state index contributed by atoms with van der Waals surface area (Å²) >= 11 is 6.21. The molecule has 0 saturated carbocycles. The summed E-state index contributed by atoms with van der Waals surface area (Å²) in [7, 11) is 0. The zero-order valence-corrected chi connectivity index (χ0v) is 11.1. The summed E-state index contributed by atoms with van der Waals surface area (Å²) in [6.45, 7) is 4.01. The molecule has 0 aliphatic carbocycles. The molecule has 0 amide bonds. The Morgan fingerprint density at radius 3 is 2.61 bits per heavy atom. The summed E-state index contributed by atoms with van der Waals surface area (Å²) in [5, 5.41) is 0.774. The van der Waals surface area contributed by atoms with Crippen molar-refractivity contribution in [2.24, 2.45) is 0 Å². The Hall–Kier alpha value is -1.73. The van der Waals surface area contributed by atoms with E-state index in [1.807, 2.05) is 44.2 Å². The number of halogens is 1. The zero-order valence-electron chi connectivity index (χ0n) is 10.3. The lowest BCUT2D eigenvalue weighted by atomic mass is 9.92.